The van der Waals surface area contributed by atoms with E-state index in [-0.39, 0.29) is 6.04 Å². The largest absolute Gasteiger partial charge is 0.306 e. The van der Waals surface area contributed by atoms with Crippen molar-refractivity contribution in [2.24, 2.45) is 0 Å². The zero-order chi connectivity index (χ0) is 14.8. The lowest BCUT2D eigenvalue weighted by molar-refractivity contribution is 0.606. The van der Waals surface area contributed by atoms with E-state index >= 15 is 0 Å². The molecule has 0 radical (unpaired) electrons. The maximum atomic E-state index is 6.40. The highest BCUT2D eigenvalue weighted by molar-refractivity contribution is 7.27. The summed E-state index contributed by atoms with van der Waals surface area (Å²) in [6.07, 6.45) is 1.08. The molecule has 3 aromatic rings. The van der Waals surface area contributed by atoms with Crippen LogP contribution in [0.1, 0.15) is 29.8 Å². The Morgan fingerprint density at radius 3 is 2.76 bits per heavy atom. The first-order valence-corrected chi connectivity index (χ1v) is 9.29. The Balaban J connectivity index is 2.04. The highest BCUT2D eigenvalue weighted by Crippen LogP contribution is 2.38. The summed E-state index contributed by atoms with van der Waals surface area (Å²) < 4.78 is 2.66. The Morgan fingerprint density at radius 2 is 2.00 bits per heavy atom. The van der Waals surface area contributed by atoms with Gasteiger partial charge >= 0.3 is 0 Å². The lowest BCUT2D eigenvalue weighted by Crippen LogP contribution is -2.22. The van der Waals surface area contributed by atoms with Gasteiger partial charge in [-0.2, -0.15) is 0 Å². The van der Waals surface area contributed by atoms with Crippen LogP contribution >= 0.6 is 45.9 Å². The number of benzene rings is 1. The first kappa shape index (κ1) is 15.3. The smallest absolute Gasteiger partial charge is 0.0686 e. The van der Waals surface area contributed by atoms with Gasteiger partial charge in [0.1, 0.15) is 0 Å². The van der Waals surface area contributed by atoms with Gasteiger partial charge in [0.25, 0.3) is 0 Å². The number of nitrogens with one attached hydrogen (secondary N) is 1. The number of rotatable bonds is 5. The fourth-order valence-corrected chi connectivity index (χ4v) is 4.94. The van der Waals surface area contributed by atoms with Gasteiger partial charge in [0.05, 0.1) is 6.04 Å². The van der Waals surface area contributed by atoms with Gasteiger partial charge in [-0.3, -0.25) is 0 Å². The van der Waals surface area contributed by atoms with Crippen LogP contribution in [0.2, 0.25) is 10.0 Å². The van der Waals surface area contributed by atoms with Crippen LogP contribution in [-0.4, -0.2) is 6.54 Å². The molecule has 1 atom stereocenters. The number of hydrogen-bond acceptors (Lipinski definition) is 3. The molecule has 1 unspecified atom stereocenters. The van der Waals surface area contributed by atoms with E-state index in [9.17, 15) is 0 Å². The van der Waals surface area contributed by atoms with E-state index in [0.29, 0.717) is 0 Å². The highest BCUT2D eigenvalue weighted by Gasteiger charge is 2.19. The third-order valence-corrected chi connectivity index (χ3v) is 6.05. The molecule has 0 spiro atoms. The molecule has 3 rings (SSSR count). The monoisotopic (exact) mass is 355 g/mol. The van der Waals surface area contributed by atoms with Crippen molar-refractivity contribution >= 4 is 55.3 Å². The van der Waals surface area contributed by atoms with E-state index in [0.717, 1.165) is 28.6 Å². The van der Waals surface area contributed by atoms with Gasteiger partial charge < -0.3 is 5.32 Å². The Kier molecular flexibility index (Phi) is 4.87. The molecule has 0 aliphatic carbocycles. The predicted octanol–water partition coefficient (Wildman–Crippen LogP) is 6.36. The molecule has 1 aromatic carbocycles. The van der Waals surface area contributed by atoms with E-state index in [4.69, 9.17) is 23.2 Å². The third-order valence-electron chi connectivity index (χ3n) is 3.31. The standard InChI is InChI=1S/C16H15Cl2NS2/c1-2-6-19-16(11-8-10(17)3-4-12(11)18)15-9-14-13(21-15)5-7-20-14/h3-5,7-9,16,19H,2,6H2,1H3. The summed E-state index contributed by atoms with van der Waals surface area (Å²) in [5.41, 5.74) is 1.05. The van der Waals surface area contributed by atoms with Crippen molar-refractivity contribution in [2.75, 3.05) is 6.54 Å². The Bertz CT molecular complexity index is 719. The molecule has 0 aliphatic rings. The van der Waals surface area contributed by atoms with Gasteiger partial charge in [-0.05, 0) is 54.2 Å². The van der Waals surface area contributed by atoms with Gasteiger partial charge in [-0.1, -0.05) is 30.1 Å². The Morgan fingerprint density at radius 1 is 1.14 bits per heavy atom. The molecule has 5 heteroatoms. The molecule has 110 valence electrons. The summed E-state index contributed by atoms with van der Waals surface area (Å²) in [6, 6.07) is 10.2. The second-order valence-corrected chi connectivity index (χ2v) is 7.76. The van der Waals surface area contributed by atoms with Crippen molar-refractivity contribution in [3.05, 3.63) is 56.2 Å². The van der Waals surface area contributed by atoms with Crippen molar-refractivity contribution in [3.63, 3.8) is 0 Å². The van der Waals surface area contributed by atoms with Gasteiger partial charge in [-0.25, -0.2) is 0 Å². The molecule has 0 fully saturated rings. The average molecular weight is 356 g/mol. The number of fused-ring (bicyclic) bond motifs is 1. The SMILES string of the molecule is CCCNC(c1cc2sccc2s1)c1cc(Cl)ccc1Cl. The fourth-order valence-electron chi connectivity index (χ4n) is 2.32. The summed E-state index contributed by atoms with van der Waals surface area (Å²) in [4.78, 5) is 1.29. The second-order valence-electron chi connectivity index (χ2n) is 4.85. The minimum absolute atomic E-state index is 0.0979. The second kappa shape index (κ2) is 6.67. The molecule has 0 saturated heterocycles. The number of thiophene rings is 2. The lowest BCUT2D eigenvalue weighted by atomic mass is 10.1. The van der Waals surface area contributed by atoms with Crippen molar-refractivity contribution in [3.8, 4) is 0 Å². The zero-order valence-electron chi connectivity index (χ0n) is 11.5. The molecular formula is C16H15Cl2NS2. The summed E-state index contributed by atoms with van der Waals surface area (Å²) in [7, 11) is 0. The van der Waals surface area contributed by atoms with Crippen LogP contribution in [0.15, 0.2) is 35.7 Å². The van der Waals surface area contributed by atoms with Crippen LogP contribution in [0.25, 0.3) is 9.40 Å². The van der Waals surface area contributed by atoms with Gasteiger partial charge in [0.2, 0.25) is 0 Å². The topological polar surface area (TPSA) is 12.0 Å². The van der Waals surface area contributed by atoms with Crippen LogP contribution in [0.4, 0.5) is 0 Å². The summed E-state index contributed by atoms with van der Waals surface area (Å²) >= 11 is 16.2. The predicted molar refractivity (Wildman–Crippen MR) is 96.3 cm³/mol. The van der Waals surface area contributed by atoms with Crippen LogP contribution in [0.3, 0.4) is 0 Å². The highest BCUT2D eigenvalue weighted by atomic mass is 35.5. The quantitative estimate of drug-likeness (QED) is 0.561. The minimum atomic E-state index is 0.0979. The Labute approximate surface area is 142 Å². The molecule has 21 heavy (non-hydrogen) atoms. The van der Waals surface area contributed by atoms with Crippen LogP contribution in [-0.2, 0) is 0 Å². The van der Waals surface area contributed by atoms with E-state index in [1.54, 1.807) is 11.3 Å². The van der Waals surface area contributed by atoms with E-state index in [1.807, 2.05) is 29.5 Å². The molecule has 0 amide bonds. The average Bonchev–Trinajstić information content (AvgIpc) is 3.04. The molecule has 0 saturated carbocycles. The summed E-state index contributed by atoms with van der Waals surface area (Å²) in [6.45, 7) is 3.11. The van der Waals surface area contributed by atoms with Crippen molar-refractivity contribution in [1.29, 1.82) is 0 Å². The maximum absolute atomic E-state index is 6.40. The van der Waals surface area contributed by atoms with Crippen LogP contribution in [0.5, 0.6) is 0 Å². The first-order chi connectivity index (χ1) is 10.2. The molecule has 2 heterocycles. The lowest BCUT2D eigenvalue weighted by Gasteiger charge is -2.19. The summed E-state index contributed by atoms with van der Waals surface area (Å²) in [5.74, 6) is 0. The number of halogens is 2. The van der Waals surface area contributed by atoms with Crippen molar-refractivity contribution in [2.45, 2.75) is 19.4 Å². The third kappa shape index (κ3) is 3.27. The van der Waals surface area contributed by atoms with E-state index < -0.39 is 0 Å². The Hall–Kier alpha value is -0.580. The number of hydrogen-bond donors (Lipinski definition) is 1. The van der Waals surface area contributed by atoms with Crippen LogP contribution < -0.4 is 5.32 Å². The van der Waals surface area contributed by atoms with Crippen molar-refractivity contribution < 1.29 is 0 Å². The maximum Gasteiger partial charge on any atom is 0.0686 e. The van der Waals surface area contributed by atoms with Crippen molar-refractivity contribution in [1.82, 2.24) is 5.32 Å². The normalized spacial score (nSPS) is 12.9. The summed E-state index contributed by atoms with van der Waals surface area (Å²) in [5, 5.41) is 7.20. The molecule has 0 aliphatic heterocycles. The van der Waals surface area contributed by atoms with E-state index in [2.05, 4.69) is 29.8 Å². The zero-order valence-corrected chi connectivity index (χ0v) is 14.7. The molecule has 1 nitrogen and oxygen atoms in total. The van der Waals surface area contributed by atoms with Gasteiger partial charge in [-0.15, -0.1) is 22.7 Å². The molecular weight excluding hydrogens is 341 g/mol. The van der Waals surface area contributed by atoms with Gasteiger partial charge in [0, 0.05) is 24.3 Å². The molecule has 0 bridgehead atoms. The van der Waals surface area contributed by atoms with Gasteiger partial charge in [0.15, 0.2) is 0 Å². The first-order valence-electron chi connectivity index (χ1n) is 6.84. The molecule has 1 N–H and O–H groups in total. The fraction of sp³-hybridized carbons (Fsp3) is 0.250. The van der Waals surface area contributed by atoms with E-state index in [1.165, 1.54) is 14.3 Å². The minimum Gasteiger partial charge on any atom is -0.306 e. The molecule has 2 aromatic heterocycles. The van der Waals surface area contributed by atoms with Crippen LogP contribution in [0, 0.1) is 0 Å².